The number of rotatable bonds is 6. The third-order valence-electron chi connectivity index (χ3n) is 4.91. The Hall–Kier alpha value is 0.503. The van der Waals surface area contributed by atoms with Gasteiger partial charge in [0.2, 0.25) is 0 Å². The van der Waals surface area contributed by atoms with Gasteiger partial charge in [-0.2, -0.15) is 7.85 Å². The summed E-state index contributed by atoms with van der Waals surface area (Å²) in [5, 5.41) is 0. The monoisotopic (exact) mass is 419 g/mol. The topological polar surface area (TPSA) is 44.8 Å². The maximum Gasteiger partial charge on any atom is 2.00 e. The van der Waals surface area contributed by atoms with Crippen LogP contribution in [0, 0.1) is 12.7 Å². The van der Waals surface area contributed by atoms with E-state index in [0.29, 0.717) is 17.7 Å². The van der Waals surface area contributed by atoms with Crippen molar-refractivity contribution in [3.8, 4) is 0 Å². The van der Waals surface area contributed by atoms with Crippen LogP contribution < -0.4 is 0 Å². The second kappa shape index (κ2) is 10.2. The number of carbonyl (C=O) groups is 1. The van der Waals surface area contributed by atoms with Crippen LogP contribution in [0.1, 0.15) is 55.4 Å². The Labute approximate surface area is 169 Å². The largest absolute Gasteiger partial charge is 2.00 e. The third kappa shape index (κ3) is 5.27. The van der Waals surface area contributed by atoms with Crippen LogP contribution in [0.3, 0.4) is 0 Å². The van der Waals surface area contributed by atoms with Gasteiger partial charge in [0.15, 0.2) is 0 Å². The maximum atomic E-state index is 12.2. The first kappa shape index (κ1) is 25.5. The predicted molar refractivity (Wildman–Crippen MR) is 103 cm³/mol. The van der Waals surface area contributed by atoms with Crippen molar-refractivity contribution in [1.29, 1.82) is 0 Å². The van der Waals surface area contributed by atoms with Crippen molar-refractivity contribution in [2.75, 3.05) is 6.61 Å². The summed E-state index contributed by atoms with van der Waals surface area (Å²) < 4.78 is 19.8. The molecule has 3 radical (unpaired) electrons. The average Bonchev–Trinajstić information content (AvgIpc) is 2.45. The Morgan fingerprint density at radius 3 is 1.80 bits per heavy atom. The molecule has 0 N–H and O–H groups in total. The molecular weight excluding hydrogens is 386 g/mol. The molecule has 8 heteroatoms. The summed E-state index contributed by atoms with van der Waals surface area (Å²) in [5.41, 5.74) is 0.995. The zero-order chi connectivity index (χ0) is 18.7. The van der Waals surface area contributed by atoms with E-state index in [1.165, 1.54) is 0 Å². The van der Waals surface area contributed by atoms with Crippen LogP contribution in [0.2, 0.25) is 22.2 Å². The van der Waals surface area contributed by atoms with Crippen molar-refractivity contribution in [1.82, 2.24) is 0 Å². The van der Waals surface area contributed by atoms with Gasteiger partial charge in [0.25, 0.3) is 0 Å². The molecular formula is C17H33BO4Si2V. The first-order valence-electron chi connectivity index (χ1n) is 8.97. The van der Waals surface area contributed by atoms with Gasteiger partial charge in [-0.25, -0.2) is 0 Å². The summed E-state index contributed by atoms with van der Waals surface area (Å²) in [7, 11) is 0.235. The van der Waals surface area contributed by atoms with Crippen molar-refractivity contribution in [3.05, 3.63) is 12.7 Å². The number of ketones is 1. The van der Waals surface area contributed by atoms with Crippen LogP contribution in [0.5, 0.6) is 0 Å². The van der Waals surface area contributed by atoms with E-state index in [1.807, 2.05) is 6.42 Å². The SMILES string of the molecule is [B][CH-]C(=O)[C@H]1[CH-]CO[Si](C(C)C)(C(C)C)O[Si](C(C)C)(C(C)C)O1.[V+2]. The molecule has 0 amide bonds. The van der Waals surface area contributed by atoms with Crippen LogP contribution in [0.25, 0.3) is 0 Å². The minimum absolute atomic E-state index is 0. The molecule has 0 aliphatic carbocycles. The number of hydrogen-bond acceptors (Lipinski definition) is 4. The van der Waals surface area contributed by atoms with Crippen molar-refractivity contribution >= 4 is 30.8 Å². The van der Waals surface area contributed by atoms with E-state index in [0.717, 1.165) is 6.32 Å². The predicted octanol–water partition coefficient (Wildman–Crippen LogP) is 4.04. The van der Waals surface area contributed by atoms with E-state index in [1.54, 1.807) is 0 Å². The first-order valence-corrected chi connectivity index (χ1v) is 12.9. The third-order valence-corrected chi connectivity index (χ3v) is 15.1. The summed E-state index contributed by atoms with van der Waals surface area (Å²) in [6.45, 7) is 17.5. The Morgan fingerprint density at radius 2 is 1.44 bits per heavy atom. The molecule has 0 saturated carbocycles. The minimum Gasteiger partial charge on any atom is -0.427 e. The van der Waals surface area contributed by atoms with E-state index >= 15 is 0 Å². The Balaban J connectivity index is 0.00000576. The van der Waals surface area contributed by atoms with Gasteiger partial charge in [-0.15, -0.1) is 0 Å². The molecule has 4 nitrogen and oxygen atoms in total. The Bertz CT molecular complexity index is 417. The number of Topliss-reactive ketones (excluding diaryl/α,β-unsaturated/α-hetero) is 1. The molecule has 141 valence electrons. The van der Waals surface area contributed by atoms with Gasteiger partial charge in [-0.1, -0.05) is 62.0 Å². The molecule has 0 aromatic heterocycles. The summed E-state index contributed by atoms with van der Waals surface area (Å²) in [6, 6.07) is 0. The molecule has 0 aromatic carbocycles. The van der Waals surface area contributed by atoms with E-state index in [2.05, 4.69) is 55.4 Å². The van der Waals surface area contributed by atoms with E-state index in [9.17, 15) is 4.79 Å². The molecule has 1 aliphatic heterocycles. The summed E-state index contributed by atoms with van der Waals surface area (Å²) in [6.07, 6.45) is 2.21. The van der Waals surface area contributed by atoms with Crippen LogP contribution in [-0.4, -0.2) is 43.5 Å². The zero-order valence-corrected chi connectivity index (χ0v) is 20.3. The summed E-state index contributed by atoms with van der Waals surface area (Å²) in [5.74, 6) is -0.233. The summed E-state index contributed by atoms with van der Waals surface area (Å²) in [4.78, 5) is 12.2. The standard InChI is InChI=1S/C17H33BO4Si2.V/c1-12(2)23(13(3)4)20-10-9-17(16(19)11-18)21-24(22-23,14(5)6)15(7)8;/h9,11-15,17H,10H2,1-8H3;/q-2;+2/t17-;/m1./s1. The molecule has 1 saturated heterocycles. The summed E-state index contributed by atoms with van der Waals surface area (Å²) >= 11 is 0. The van der Waals surface area contributed by atoms with Gasteiger partial charge in [0.1, 0.15) is 0 Å². The molecule has 0 unspecified atom stereocenters. The fourth-order valence-corrected chi connectivity index (χ4v) is 14.5. The molecule has 0 aromatic rings. The molecule has 25 heavy (non-hydrogen) atoms. The smallest absolute Gasteiger partial charge is 0.427 e. The first-order chi connectivity index (χ1) is 11.0. The van der Waals surface area contributed by atoms with Gasteiger partial charge in [0.05, 0.1) is 0 Å². The van der Waals surface area contributed by atoms with Gasteiger partial charge in [-0.3, -0.25) is 6.42 Å². The van der Waals surface area contributed by atoms with Crippen LogP contribution in [0.15, 0.2) is 0 Å². The fourth-order valence-electron chi connectivity index (χ4n) is 3.49. The minimum atomic E-state index is -2.71. The molecule has 0 bridgehead atoms. The molecule has 1 rings (SSSR count). The van der Waals surface area contributed by atoms with Gasteiger partial charge < -0.3 is 24.1 Å². The molecule has 1 atom stereocenters. The zero-order valence-electron chi connectivity index (χ0n) is 16.9. The average molecular weight is 419 g/mol. The fraction of sp³-hybridized carbons (Fsp3) is 0.824. The van der Waals surface area contributed by atoms with Crippen molar-refractivity contribution in [2.24, 2.45) is 0 Å². The van der Waals surface area contributed by atoms with E-state index < -0.39 is 23.2 Å². The van der Waals surface area contributed by atoms with Crippen molar-refractivity contribution < 1.29 is 36.3 Å². The van der Waals surface area contributed by atoms with Crippen LogP contribution in [0.4, 0.5) is 0 Å². The quantitative estimate of drug-likeness (QED) is 0.482. The number of carbonyl (C=O) groups excluding carboxylic acids is 1. The van der Waals surface area contributed by atoms with E-state index in [-0.39, 0.29) is 35.4 Å². The van der Waals surface area contributed by atoms with Gasteiger partial charge in [-0.05, 0) is 34.1 Å². The van der Waals surface area contributed by atoms with E-state index in [4.69, 9.17) is 20.8 Å². The molecule has 0 spiro atoms. The Kier molecular flexibility index (Phi) is 10.4. The van der Waals surface area contributed by atoms with Crippen molar-refractivity contribution in [3.63, 3.8) is 0 Å². The van der Waals surface area contributed by atoms with Crippen LogP contribution in [-0.2, 0) is 36.3 Å². The molecule has 1 fully saturated rings. The van der Waals surface area contributed by atoms with Crippen LogP contribution >= 0.6 is 0 Å². The normalized spacial score (nSPS) is 23.3. The maximum absolute atomic E-state index is 12.2. The van der Waals surface area contributed by atoms with Gasteiger partial charge in [0, 0.05) is 0 Å². The van der Waals surface area contributed by atoms with Gasteiger partial charge >= 0.3 is 35.7 Å². The molecule has 1 aliphatic rings. The molecule has 1 heterocycles. The second-order valence-corrected chi connectivity index (χ2v) is 16.7. The second-order valence-electron chi connectivity index (χ2n) is 7.82. The number of hydrogen-bond donors (Lipinski definition) is 0. The van der Waals surface area contributed by atoms with Crippen molar-refractivity contribution in [2.45, 2.75) is 83.7 Å². The Morgan fingerprint density at radius 1 is 1.00 bits per heavy atom.